The van der Waals surface area contributed by atoms with Crippen LogP contribution in [0.15, 0.2) is 79.4 Å². The Morgan fingerprint density at radius 2 is 2.03 bits per heavy atom. The number of aryl methyl sites for hydroxylation is 1. The summed E-state index contributed by atoms with van der Waals surface area (Å²) in [5, 5.41) is 22.1. The number of nitrogens with one attached hydrogen (secondary N) is 3. The van der Waals surface area contributed by atoms with Crippen LogP contribution in [0.1, 0.15) is 25.0 Å². The minimum atomic E-state index is -0.269. The molecule has 0 aliphatic heterocycles. The fourth-order valence-corrected chi connectivity index (χ4v) is 3.37. The molecule has 3 rings (SSSR count). The first kappa shape index (κ1) is 29.7. The molecule has 0 aliphatic carbocycles. The van der Waals surface area contributed by atoms with Crippen molar-refractivity contribution >= 4 is 22.9 Å². The summed E-state index contributed by atoms with van der Waals surface area (Å²) >= 11 is 0. The highest BCUT2D eigenvalue weighted by molar-refractivity contribution is 5.94. The number of para-hydroxylation sites is 1. The predicted octanol–water partition coefficient (Wildman–Crippen LogP) is 5.34. The lowest BCUT2D eigenvalue weighted by Gasteiger charge is -2.20. The monoisotopic (exact) mass is 515 g/mol. The Morgan fingerprint density at radius 1 is 1.32 bits per heavy atom. The van der Waals surface area contributed by atoms with Gasteiger partial charge >= 0.3 is 6.03 Å². The molecule has 0 saturated carbocycles. The number of benzene rings is 1. The number of nitrogens with zero attached hydrogens (tertiary/aromatic N) is 4. The van der Waals surface area contributed by atoms with Crippen molar-refractivity contribution in [2.75, 3.05) is 38.3 Å². The Morgan fingerprint density at radius 3 is 2.61 bits per heavy atom. The minimum Gasteiger partial charge on any atom is -0.457 e. The third kappa shape index (κ3) is 8.25. The van der Waals surface area contributed by atoms with Crippen LogP contribution in [0.2, 0.25) is 0 Å². The molecule has 3 aromatic rings. The summed E-state index contributed by atoms with van der Waals surface area (Å²) in [5.74, 6) is 1.62. The number of anilines is 2. The maximum atomic E-state index is 12.1. The van der Waals surface area contributed by atoms with E-state index < -0.39 is 0 Å². The van der Waals surface area contributed by atoms with E-state index in [4.69, 9.17) is 4.74 Å². The summed E-state index contributed by atoms with van der Waals surface area (Å²) in [4.78, 5) is 14.1. The number of nitriles is 1. The van der Waals surface area contributed by atoms with Crippen molar-refractivity contribution in [3.63, 3.8) is 0 Å². The van der Waals surface area contributed by atoms with Gasteiger partial charge in [0.1, 0.15) is 17.6 Å². The molecule has 0 radical (unpaired) electrons. The number of carbonyl (C=O) groups excluding carboxylic acids is 1. The van der Waals surface area contributed by atoms with Crippen LogP contribution in [0, 0.1) is 18.3 Å². The van der Waals surface area contributed by atoms with Crippen molar-refractivity contribution in [3.05, 3.63) is 90.5 Å². The third-order valence-electron chi connectivity index (χ3n) is 5.71. The number of hydrogen-bond donors (Lipinski definition) is 3. The largest absolute Gasteiger partial charge is 0.457 e. The Hall–Kier alpha value is -4.55. The number of carbonyl (C=O) groups is 1. The maximum absolute atomic E-state index is 12.1. The molecule has 0 fully saturated rings. The van der Waals surface area contributed by atoms with Crippen LogP contribution in [0.5, 0.6) is 5.75 Å². The van der Waals surface area contributed by atoms with Gasteiger partial charge in [0.2, 0.25) is 0 Å². The molecule has 3 N–H and O–H groups in total. The van der Waals surface area contributed by atoms with Crippen LogP contribution in [-0.2, 0) is 0 Å². The lowest BCUT2D eigenvalue weighted by molar-refractivity contribution is 0.245. The Kier molecular flexibility index (Phi) is 11.6. The van der Waals surface area contributed by atoms with Gasteiger partial charge < -0.3 is 25.6 Å². The van der Waals surface area contributed by atoms with Gasteiger partial charge in [0.05, 0.1) is 34.8 Å². The molecule has 2 amide bonds. The van der Waals surface area contributed by atoms with E-state index in [0.29, 0.717) is 23.5 Å². The van der Waals surface area contributed by atoms with Gasteiger partial charge in [0.15, 0.2) is 0 Å². The van der Waals surface area contributed by atoms with Gasteiger partial charge in [-0.05, 0) is 59.2 Å². The van der Waals surface area contributed by atoms with Crippen LogP contribution in [0.3, 0.4) is 0 Å². The summed E-state index contributed by atoms with van der Waals surface area (Å²) in [6.45, 7) is 10.0. The first-order valence-corrected chi connectivity index (χ1v) is 12.2. The summed E-state index contributed by atoms with van der Waals surface area (Å²) in [6, 6.07) is 11.8. The number of likely N-dealkylation sites (N-methyl/N-ethyl adjacent to an activating group) is 1. The van der Waals surface area contributed by atoms with E-state index in [2.05, 4.69) is 33.7 Å². The smallest absolute Gasteiger partial charge is 0.319 e. The van der Waals surface area contributed by atoms with Crippen molar-refractivity contribution in [1.29, 1.82) is 5.26 Å². The van der Waals surface area contributed by atoms with Crippen molar-refractivity contribution in [2.24, 2.45) is 0 Å². The molecule has 2 heterocycles. The fourth-order valence-electron chi connectivity index (χ4n) is 3.37. The molecule has 2 aromatic heterocycles. The average molecular weight is 516 g/mol. The number of rotatable bonds is 9. The highest BCUT2D eigenvalue weighted by Crippen LogP contribution is 2.29. The summed E-state index contributed by atoms with van der Waals surface area (Å²) < 4.78 is 7.25. The van der Waals surface area contributed by atoms with Crippen molar-refractivity contribution in [2.45, 2.75) is 26.8 Å². The maximum Gasteiger partial charge on any atom is 0.319 e. The molecular weight excluding hydrogens is 478 g/mol. The van der Waals surface area contributed by atoms with Crippen molar-refractivity contribution in [3.8, 4) is 11.8 Å². The standard InChI is InChI=1S/C16H23N7O.C13H14O/c1-10(22(4)5)7-19-16(24)21-13-9-23-15(11(13)2)14(18-3)12(6-17)8-20-23;1-3-8-12(9-4-2)14-13-10-6-5-7-11-13/h8-10,18H,7H2,1-5H3,(H2,19,21,24);3-11H,1H2,2H3/b;9-4-,12-8+. The number of hydrogen-bond acceptors (Lipinski definition) is 6. The van der Waals surface area contributed by atoms with Gasteiger partial charge in [0.25, 0.3) is 0 Å². The second-order valence-electron chi connectivity index (χ2n) is 8.62. The molecule has 9 heteroatoms. The molecule has 0 spiro atoms. The Labute approximate surface area is 225 Å². The number of fused-ring (bicyclic) bond motifs is 1. The summed E-state index contributed by atoms with van der Waals surface area (Å²) in [7, 11) is 5.68. The van der Waals surface area contributed by atoms with E-state index >= 15 is 0 Å². The fraction of sp³-hybridized carbons (Fsp3) is 0.276. The number of amides is 2. The average Bonchev–Trinajstić information content (AvgIpc) is 3.22. The predicted molar refractivity (Wildman–Crippen MR) is 155 cm³/mol. The van der Waals surface area contributed by atoms with E-state index in [1.807, 2.05) is 88.3 Å². The number of allylic oxidation sites excluding steroid dienone is 4. The zero-order valence-corrected chi connectivity index (χ0v) is 22.9. The first-order chi connectivity index (χ1) is 18.2. The minimum absolute atomic E-state index is 0.237. The molecule has 0 saturated heterocycles. The third-order valence-corrected chi connectivity index (χ3v) is 5.71. The van der Waals surface area contributed by atoms with E-state index in [-0.39, 0.29) is 12.1 Å². The molecule has 1 unspecified atom stereocenters. The van der Waals surface area contributed by atoms with Gasteiger partial charge in [-0.1, -0.05) is 36.9 Å². The normalized spacial score (nSPS) is 11.9. The number of aromatic nitrogens is 2. The quantitative estimate of drug-likeness (QED) is 0.262. The lowest BCUT2D eigenvalue weighted by Crippen LogP contribution is -2.40. The van der Waals surface area contributed by atoms with Crippen LogP contribution in [0.25, 0.3) is 5.52 Å². The summed E-state index contributed by atoms with van der Waals surface area (Å²) in [6.07, 6.45) is 10.6. The molecular formula is C29H37N7O2. The SMILES string of the molecule is C=C/C=C(\C=C/C)Oc1ccccc1.CNc1c(C#N)cnn2cc(NC(=O)NCC(C)N(C)C)c(C)c12. The van der Waals surface area contributed by atoms with Gasteiger partial charge in [-0.15, -0.1) is 0 Å². The van der Waals surface area contributed by atoms with E-state index in [1.165, 1.54) is 6.20 Å². The van der Waals surface area contributed by atoms with Crippen molar-refractivity contribution in [1.82, 2.24) is 19.8 Å². The van der Waals surface area contributed by atoms with Crippen LogP contribution >= 0.6 is 0 Å². The van der Waals surface area contributed by atoms with Crippen LogP contribution in [-0.4, -0.2) is 54.3 Å². The molecule has 0 aliphatic rings. The molecule has 9 nitrogen and oxygen atoms in total. The number of urea groups is 1. The van der Waals surface area contributed by atoms with Gasteiger partial charge in [-0.2, -0.15) is 10.4 Å². The van der Waals surface area contributed by atoms with E-state index in [1.54, 1.807) is 23.8 Å². The molecule has 38 heavy (non-hydrogen) atoms. The lowest BCUT2D eigenvalue weighted by atomic mass is 10.2. The van der Waals surface area contributed by atoms with Crippen LogP contribution in [0.4, 0.5) is 16.2 Å². The zero-order chi connectivity index (χ0) is 28.1. The van der Waals surface area contributed by atoms with Gasteiger partial charge in [0, 0.05) is 25.2 Å². The number of ether oxygens (including phenoxy) is 1. The van der Waals surface area contributed by atoms with Gasteiger partial charge in [-0.3, -0.25) is 0 Å². The topological polar surface area (TPSA) is 107 Å². The van der Waals surface area contributed by atoms with Crippen LogP contribution < -0.4 is 20.7 Å². The molecule has 1 atom stereocenters. The zero-order valence-electron chi connectivity index (χ0n) is 22.9. The molecule has 0 bridgehead atoms. The highest BCUT2D eigenvalue weighted by atomic mass is 16.5. The first-order valence-electron chi connectivity index (χ1n) is 12.2. The van der Waals surface area contributed by atoms with E-state index in [9.17, 15) is 10.1 Å². The highest BCUT2D eigenvalue weighted by Gasteiger charge is 2.16. The van der Waals surface area contributed by atoms with E-state index in [0.717, 1.165) is 22.6 Å². The Balaban J connectivity index is 0.000000308. The van der Waals surface area contributed by atoms with Gasteiger partial charge in [-0.25, -0.2) is 9.31 Å². The Bertz CT molecular complexity index is 1320. The second-order valence-corrected chi connectivity index (χ2v) is 8.62. The molecule has 1 aromatic carbocycles. The molecule has 200 valence electrons. The van der Waals surface area contributed by atoms with Crippen molar-refractivity contribution < 1.29 is 9.53 Å². The summed E-state index contributed by atoms with van der Waals surface area (Å²) in [5.41, 5.74) is 3.43. The second kappa shape index (κ2) is 14.9.